The van der Waals surface area contributed by atoms with Crippen LogP contribution in [0.2, 0.25) is 0 Å². The molecular formula is C20H26F4O3. The SMILES string of the molecule is CCCC1COC(C2CCCC(c3ccc(OC(F)(F)F)c(F)c3)C2)OC1. The lowest BCUT2D eigenvalue weighted by Crippen LogP contribution is -2.38. The predicted octanol–water partition coefficient (Wildman–Crippen LogP) is 5.79. The molecule has 0 amide bonds. The van der Waals surface area contributed by atoms with Crippen LogP contribution < -0.4 is 4.74 Å². The third-order valence-corrected chi connectivity index (χ3v) is 5.44. The van der Waals surface area contributed by atoms with Crippen LogP contribution in [0.5, 0.6) is 5.75 Å². The van der Waals surface area contributed by atoms with Gasteiger partial charge in [0, 0.05) is 11.8 Å². The Morgan fingerprint density at radius 3 is 2.52 bits per heavy atom. The average Bonchev–Trinajstić information content (AvgIpc) is 2.63. The highest BCUT2D eigenvalue weighted by molar-refractivity contribution is 5.31. The van der Waals surface area contributed by atoms with E-state index in [1.807, 2.05) is 0 Å². The van der Waals surface area contributed by atoms with Gasteiger partial charge in [0.25, 0.3) is 0 Å². The first kappa shape index (κ1) is 20.4. The van der Waals surface area contributed by atoms with Crippen LogP contribution in [0.25, 0.3) is 0 Å². The van der Waals surface area contributed by atoms with Crippen molar-refractivity contribution >= 4 is 0 Å². The van der Waals surface area contributed by atoms with Gasteiger partial charge in [-0.3, -0.25) is 0 Å². The summed E-state index contributed by atoms with van der Waals surface area (Å²) in [6, 6.07) is 3.75. The summed E-state index contributed by atoms with van der Waals surface area (Å²) in [5, 5.41) is 0. The minimum Gasteiger partial charge on any atom is -0.403 e. The van der Waals surface area contributed by atoms with Gasteiger partial charge in [-0.15, -0.1) is 13.2 Å². The van der Waals surface area contributed by atoms with E-state index in [4.69, 9.17) is 9.47 Å². The molecule has 3 rings (SSSR count). The van der Waals surface area contributed by atoms with Crippen molar-refractivity contribution in [3.63, 3.8) is 0 Å². The maximum absolute atomic E-state index is 14.0. The van der Waals surface area contributed by atoms with Gasteiger partial charge in [0.1, 0.15) is 0 Å². The van der Waals surface area contributed by atoms with Gasteiger partial charge in [0.05, 0.1) is 13.2 Å². The fraction of sp³-hybridized carbons (Fsp3) is 0.700. The van der Waals surface area contributed by atoms with Gasteiger partial charge in [-0.2, -0.15) is 0 Å². The zero-order valence-corrected chi connectivity index (χ0v) is 15.4. The molecule has 1 saturated heterocycles. The molecule has 1 aromatic carbocycles. The molecule has 2 unspecified atom stereocenters. The van der Waals surface area contributed by atoms with Gasteiger partial charge in [-0.05, 0) is 49.3 Å². The Morgan fingerprint density at radius 2 is 1.89 bits per heavy atom. The van der Waals surface area contributed by atoms with Crippen LogP contribution in [0.4, 0.5) is 17.6 Å². The number of halogens is 4. The Bertz CT molecular complexity index is 612. The zero-order valence-electron chi connectivity index (χ0n) is 15.4. The molecule has 0 bridgehead atoms. The molecule has 1 aliphatic carbocycles. The Hall–Kier alpha value is -1.34. The molecule has 7 heteroatoms. The normalized spacial score (nSPS) is 29.5. The molecule has 1 aliphatic heterocycles. The highest BCUT2D eigenvalue weighted by atomic mass is 19.4. The number of ether oxygens (including phenoxy) is 3. The van der Waals surface area contributed by atoms with Crippen molar-refractivity contribution in [1.29, 1.82) is 0 Å². The van der Waals surface area contributed by atoms with Gasteiger partial charge in [0.2, 0.25) is 0 Å². The number of alkyl halides is 3. The van der Waals surface area contributed by atoms with Crippen molar-refractivity contribution in [2.24, 2.45) is 11.8 Å². The topological polar surface area (TPSA) is 27.7 Å². The van der Waals surface area contributed by atoms with Crippen molar-refractivity contribution in [2.45, 2.75) is 64.0 Å². The fourth-order valence-electron chi connectivity index (χ4n) is 4.16. The first-order chi connectivity index (χ1) is 12.9. The number of rotatable bonds is 5. The van der Waals surface area contributed by atoms with E-state index >= 15 is 0 Å². The number of hydrogen-bond donors (Lipinski definition) is 0. The first-order valence-electron chi connectivity index (χ1n) is 9.64. The summed E-state index contributed by atoms with van der Waals surface area (Å²) >= 11 is 0. The quantitative estimate of drug-likeness (QED) is 0.596. The molecule has 0 radical (unpaired) electrons. The summed E-state index contributed by atoms with van der Waals surface area (Å²) in [6.07, 6.45) is 0.653. The summed E-state index contributed by atoms with van der Waals surface area (Å²) in [5.41, 5.74) is 0.700. The predicted molar refractivity (Wildman–Crippen MR) is 91.9 cm³/mol. The van der Waals surface area contributed by atoms with Gasteiger partial charge in [0.15, 0.2) is 17.9 Å². The lowest BCUT2D eigenvalue weighted by Gasteiger charge is -2.38. The Balaban J connectivity index is 1.60. The van der Waals surface area contributed by atoms with Crippen LogP contribution in [0.15, 0.2) is 18.2 Å². The monoisotopic (exact) mass is 390 g/mol. The number of hydrogen-bond acceptors (Lipinski definition) is 3. The van der Waals surface area contributed by atoms with Gasteiger partial charge >= 0.3 is 6.36 Å². The van der Waals surface area contributed by atoms with E-state index in [1.54, 1.807) is 0 Å². The molecule has 1 heterocycles. The lowest BCUT2D eigenvalue weighted by atomic mass is 9.77. The third-order valence-electron chi connectivity index (χ3n) is 5.44. The molecule has 0 aromatic heterocycles. The molecule has 2 atom stereocenters. The number of benzene rings is 1. The molecule has 3 nitrogen and oxygen atoms in total. The van der Waals surface area contributed by atoms with E-state index < -0.39 is 17.9 Å². The van der Waals surface area contributed by atoms with Gasteiger partial charge in [-0.25, -0.2) is 4.39 Å². The van der Waals surface area contributed by atoms with E-state index in [9.17, 15) is 17.6 Å². The van der Waals surface area contributed by atoms with Crippen molar-refractivity contribution in [1.82, 2.24) is 0 Å². The smallest absolute Gasteiger partial charge is 0.403 e. The molecule has 2 fully saturated rings. The van der Waals surface area contributed by atoms with Crippen LogP contribution in [-0.2, 0) is 9.47 Å². The van der Waals surface area contributed by atoms with Crippen LogP contribution in [0.1, 0.15) is 56.9 Å². The molecular weight excluding hydrogens is 364 g/mol. The minimum absolute atomic E-state index is 0.0822. The Morgan fingerprint density at radius 1 is 1.15 bits per heavy atom. The first-order valence-corrected chi connectivity index (χ1v) is 9.64. The van der Waals surface area contributed by atoms with Crippen molar-refractivity contribution in [3.05, 3.63) is 29.6 Å². The minimum atomic E-state index is -4.90. The molecule has 152 valence electrons. The third kappa shape index (κ3) is 5.57. The van der Waals surface area contributed by atoms with Crippen molar-refractivity contribution in [3.8, 4) is 5.75 Å². The molecule has 0 N–H and O–H groups in total. The van der Waals surface area contributed by atoms with Crippen LogP contribution in [0, 0.1) is 17.7 Å². The second kappa shape index (κ2) is 8.78. The highest BCUT2D eigenvalue weighted by Gasteiger charge is 2.35. The van der Waals surface area contributed by atoms with Crippen LogP contribution >= 0.6 is 0 Å². The van der Waals surface area contributed by atoms with Crippen LogP contribution in [0.3, 0.4) is 0 Å². The van der Waals surface area contributed by atoms with Gasteiger partial charge in [-0.1, -0.05) is 25.8 Å². The summed E-state index contributed by atoms with van der Waals surface area (Å²) in [5.74, 6) is -1.03. The van der Waals surface area contributed by atoms with Crippen LogP contribution in [-0.4, -0.2) is 25.9 Å². The molecule has 1 aromatic rings. The maximum Gasteiger partial charge on any atom is 0.573 e. The molecule has 1 saturated carbocycles. The average molecular weight is 390 g/mol. The van der Waals surface area contributed by atoms with E-state index in [0.29, 0.717) is 24.7 Å². The summed E-state index contributed by atoms with van der Waals surface area (Å²) < 4.78 is 66.5. The molecule has 2 aliphatic rings. The molecule has 0 spiro atoms. The summed E-state index contributed by atoms with van der Waals surface area (Å²) in [6.45, 7) is 3.55. The highest BCUT2D eigenvalue weighted by Crippen LogP contribution is 2.40. The largest absolute Gasteiger partial charge is 0.573 e. The lowest BCUT2D eigenvalue weighted by molar-refractivity contribution is -0.275. The van der Waals surface area contributed by atoms with E-state index in [-0.39, 0.29) is 18.1 Å². The fourth-order valence-corrected chi connectivity index (χ4v) is 4.16. The molecule has 27 heavy (non-hydrogen) atoms. The Labute approximate surface area is 157 Å². The maximum atomic E-state index is 14.0. The van der Waals surface area contributed by atoms with E-state index in [2.05, 4.69) is 11.7 Å². The summed E-state index contributed by atoms with van der Waals surface area (Å²) in [7, 11) is 0. The van der Waals surface area contributed by atoms with E-state index in [0.717, 1.165) is 50.7 Å². The van der Waals surface area contributed by atoms with Crippen molar-refractivity contribution < 1.29 is 31.8 Å². The van der Waals surface area contributed by atoms with E-state index in [1.165, 1.54) is 6.07 Å². The van der Waals surface area contributed by atoms with Gasteiger partial charge < -0.3 is 14.2 Å². The zero-order chi connectivity index (χ0) is 19.4. The van der Waals surface area contributed by atoms with Crippen molar-refractivity contribution in [2.75, 3.05) is 13.2 Å². The Kier molecular flexibility index (Phi) is 6.63. The standard InChI is InChI=1S/C20H26F4O3/c1-2-4-13-11-25-19(26-12-13)16-6-3-5-14(9-16)15-7-8-18(17(21)10-15)27-20(22,23)24/h7-8,10,13-14,16,19H,2-6,9,11-12H2,1H3. The second-order valence-electron chi connectivity index (χ2n) is 7.55. The summed E-state index contributed by atoms with van der Waals surface area (Å²) in [4.78, 5) is 0. The second-order valence-corrected chi connectivity index (χ2v) is 7.55.